The molecule has 0 saturated carbocycles. The number of nitrogens with one attached hydrogen (secondary N) is 1. The molecule has 0 spiro atoms. The molecule has 0 amide bonds. The molecule has 2 saturated heterocycles. The summed E-state index contributed by atoms with van der Waals surface area (Å²) < 4.78 is 11.1. The van der Waals surface area contributed by atoms with Crippen molar-refractivity contribution in [3.63, 3.8) is 0 Å². The fourth-order valence-corrected chi connectivity index (χ4v) is 4.11. The molecular weight excluding hydrogens is 352 g/mol. The molecule has 2 heterocycles. The molecule has 0 aliphatic carbocycles. The van der Waals surface area contributed by atoms with Gasteiger partial charge in [-0.2, -0.15) is 0 Å². The molecule has 2 aliphatic rings. The Morgan fingerprint density at radius 1 is 0.964 bits per heavy atom. The molecule has 0 aromatic heterocycles. The number of nitrogens with zero attached hydrogens (tertiary/aromatic N) is 3. The lowest BCUT2D eigenvalue weighted by molar-refractivity contribution is 0.00990. The highest BCUT2D eigenvalue weighted by molar-refractivity contribution is 5.80. The molecule has 0 atom stereocenters. The molecule has 6 nitrogen and oxygen atoms in total. The van der Waals surface area contributed by atoms with Gasteiger partial charge < -0.3 is 24.6 Å². The van der Waals surface area contributed by atoms with Gasteiger partial charge in [0, 0.05) is 46.5 Å². The predicted octanol–water partition coefficient (Wildman–Crippen LogP) is 3.13. The van der Waals surface area contributed by atoms with E-state index in [1.54, 1.807) is 7.11 Å². The summed E-state index contributed by atoms with van der Waals surface area (Å²) in [5.74, 6) is 1.09. The van der Waals surface area contributed by atoms with Gasteiger partial charge >= 0.3 is 0 Å². The first-order valence-corrected chi connectivity index (χ1v) is 11.7. The van der Waals surface area contributed by atoms with Crippen LogP contribution in [0.4, 0.5) is 0 Å². The number of unbranched alkanes of at least 4 members (excludes halogenated alkanes) is 2. The summed E-state index contributed by atoms with van der Waals surface area (Å²) in [5, 5.41) is 3.48. The van der Waals surface area contributed by atoms with Crippen LogP contribution in [0.5, 0.6) is 0 Å². The van der Waals surface area contributed by atoms with Crippen molar-refractivity contribution in [3.8, 4) is 0 Å². The lowest BCUT2D eigenvalue weighted by Crippen LogP contribution is -2.47. The van der Waals surface area contributed by atoms with Crippen molar-refractivity contribution < 1.29 is 9.47 Å². The predicted molar refractivity (Wildman–Crippen MR) is 117 cm³/mol. The minimum absolute atomic E-state index is 0.394. The van der Waals surface area contributed by atoms with Crippen molar-refractivity contribution in [3.05, 3.63) is 0 Å². The Morgan fingerprint density at radius 3 is 2.46 bits per heavy atom. The maximum atomic E-state index is 5.98. The van der Waals surface area contributed by atoms with Crippen LogP contribution in [0.3, 0.4) is 0 Å². The van der Waals surface area contributed by atoms with Crippen LogP contribution < -0.4 is 5.32 Å². The highest BCUT2D eigenvalue weighted by Gasteiger charge is 2.21. The Morgan fingerprint density at radius 2 is 1.75 bits per heavy atom. The van der Waals surface area contributed by atoms with Gasteiger partial charge in [-0.3, -0.25) is 4.99 Å². The molecule has 164 valence electrons. The summed E-state index contributed by atoms with van der Waals surface area (Å²) in [5.41, 5.74) is 0. The summed E-state index contributed by atoms with van der Waals surface area (Å²) in [6.07, 6.45) is 11.6. The lowest BCUT2D eigenvalue weighted by Gasteiger charge is -2.34. The minimum Gasteiger partial charge on any atom is -0.385 e. The zero-order chi connectivity index (χ0) is 19.9. The Balaban J connectivity index is 1.59. The van der Waals surface area contributed by atoms with E-state index in [1.807, 2.05) is 0 Å². The summed E-state index contributed by atoms with van der Waals surface area (Å²) in [7, 11) is 1.74. The average Bonchev–Trinajstić information content (AvgIpc) is 2.74. The van der Waals surface area contributed by atoms with E-state index in [0.29, 0.717) is 6.10 Å². The van der Waals surface area contributed by atoms with Gasteiger partial charge in [-0.1, -0.05) is 12.8 Å². The second-order valence-corrected chi connectivity index (χ2v) is 8.10. The van der Waals surface area contributed by atoms with E-state index in [-0.39, 0.29) is 0 Å². The number of rotatable bonds is 12. The average molecular weight is 397 g/mol. The molecule has 2 fully saturated rings. The van der Waals surface area contributed by atoms with Gasteiger partial charge in [-0.25, -0.2) is 0 Å². The number of ether oxygens (including phenoxy) is 2. The second kappa shape index (κ2) is 15.1. The smallest absolute Gasteiger partial charge is 0.193 e. The normalized spacial score (nSPS) is 19.9. The van der Waals surface area contributed by atoms with Crippen LogP contribution in [0.15, 0.2) is 4.99 Å². The van der Waals surface area contributed by atoms with E-state index in [0.717, 1.165) is 64.6 Å². The number of guanidine groups is 1. The molecule has 0 unspecified atom stereocenters. The molecule has 0 aromatic carbocycles. The van der Waals surface area contributed by atoms with E-state index in [9.17, 15) is 0 Å². The molecule has 6 heteroatoms. The van der Waals surface area contributed by atoms with Gasteiger partial charge in [0.25, 0.3) is 0 Å². The fourth-order valence-electron chi connectivity index (χ4n) is 4.11. The molecule has 2 rings (SSSR count). The molecule has 2 aliphatic heterocycles. The maximum absolute atomic E-state index is 5.98. The first kappa shape index (κ1) is 23.4. The van der Waals surface area contributed by atoms with Crippen LogP contribution in [0.25, 0.3) is 0 Å². The zero-order valence-corrected chi connectivity index (χ0v) is 18.5. The Labute approximate surface area is 173 Å². The first-order chi connectivity index (χ1) is 13.8. The second-order valence-electron chi connectivity index (χ2n) is 8.10. The summed E-state index contributed by atoms with van der Waals surface area (Å²) >= 11 is 0. The van der Waals surface area contributed by atoms with E-state index >= 15 is 0 Å². The lowest BCUT2D eigenvalue weighted by atomic mass is 10.1. The van der Waals surface area contributed by atoms with E-state index in [4.69, 9.17) is 14.5 Å². The fraction of sp³-hybridized carbons (Fsp3) is 0.955. The standard InChI is InChI=1S/C22H44N4O2/c1-3-23-22(24-13-6-4-7-14-25-15-8-5-9-16-25)26-17-11-21(12-18-26)28-20-10-19-27-2/h21H,3-20H2,1-2H3,(H,23,24). The van der Waals surface area contributed by atoms with Crippen molar-refractivity contribution in [2.24, 2.45) is 4.99 Å². The van der Waals surface area contributed by atoms with Crippen LogP contribution in [-0.2, 0) is 9.47 Å². The Kier molecular flexibility index (Phi) is 12.6. The topological polar surface area (TPSA) is 49.3 Å². The largest absolute Gasteiger partial charge is 0.385 e. The third kappa shape index (κ3) is 9.57. The highest BCUT2D eigenvalue weighted by Crippen LogP contribution is 2.14. The van der Waals surface area contributed by atoms with Crippen molar-refractivity contribution >= 4 is 5.96 Å². The van der Waals surface area contributed by atoms with Gasteiger partial charge in [-0.15, -0.1) is 0 Å². The van der Waals surface area contributed by atoms with Crippen molar-refractivity contribution in [1.29, 1.82) is 0 Å². The number of piperidine rings is 2. The van der Waals surface area contributed by atoms with Gasteiger partial charge in [-0.05, 0) is 71.5 Å². The minimum atomic E-state index is 0.394. The molecule has 0 radical (unpaired) electrons. The molecule has 1 N–H and O–H groups in total. The molecule has 0 bridgehead atoms. The van der Waals surface area contributed by atoms with E-state index < -0.39 is 0 Å². The van der Waals surface area contributed by atoms with Crippen LogP contribution in [0, 0.1) is 0 Å². The van der Waals surface area contributed by atoms with Crippen molar-refractivity contribution in [1.82, 2.24) is 15.1 Å². The molecule has 0 aromatic rings. The van der Waals surface area contributed by atoms with Gasteiger partial charge in [0.1, 0.15) is 0 Å². The van der Waals surface area contributed by atoms with Crippen LogP contribution in [0.1, 0.15) is 64.7 Å². The molecule has 28 heavy (non-hydrogen) atoms. The van der Waals surface area contributed by atoms with Crippen molar-refractivity contribution in [2.75, 3.05) is 66.1 Å². The van der Waals surface area contributed by atoms with Gasteiger partial charge in [0.15, 0.2) is 5.96 Å². The van der Waals surface area contributed by atoms with Crippen LogP contribution in [-0.4, -0.2) is 88.0 Å². The SMILES string of the molecule is CCNC(=NCCCCCN1CCCCC1)N1CCC(OCCCOC)CC1. The number of hydrogen-bond donors (Lipinski definition) is 1. The quantitative estimate of drug-likeness (QED) is 0.312. The van der Waals surface area contributed by atoms with Crippen molar-refractivity contribution in [2.45, 2.75) is 70.8 Å². The third-order valence-electron chi connectivity index (χ3n) is 5.77. The maximum Gasteiger partial charge on any atom is 0.193 e. The molecular formula is C22H44N4O2. The number of hydrogen-bond acceptors (Lipinski definition) is 4. The van der Waals surface area contributed by atoms with Gasteiger partial charge in [0.2, 0.25) is 0 Å². The Hall–Kier alpha value is -0.850. The van der Waals surface area contributed by atoms with Crippen LogP contribution in [0.2, 0.25) is 0 Å². The number of aliphatic imine (C=N–C) groups is 1. The Bertz CT molecular complexity index is 405. The summed E-state index contributed by atoms with van der Waals surface area (Å²) in [4.78, 5) is 9.94. The van der Waals surface area contributed by atoms with E-state index in [2.05, 4.69) is 22.0 Å². The van der Waals surface area contributed by atoms with Gasteiger partial charge in [0.05, 0.1) is 6.10 Å². The number of likely N-dealkylation sites (tertiary alicyclic amines) is 2. The zero-order valence-electron chi connectivity index (χ0n) is 18.5. The monoisotopic (exact) mass is 396 g/mol. The summed E-state index contributed by atoms with van der Waals surface area (Å²) in [6.45, 7) is 11.6. The highest BCUT2D eigenvalue weighted by atomic mass is 16.5. The van der Waals surface area contributed by atoms with Crippen LogP contribution >= 0.6 is 0 Å². The first-order valence-electron chi connectivity index (χ1n) is 11.7. The summed E-state index contributed by atoms with van der Waals surface area (Å²) in [6, 6.07) is 0. The van der Waals surface area contributed by atoms with E-state index in [1.165, 1.54) is 58.2 Å². The number of methoxy groups -OCH3 is 1. The third-order valence-corrected chi connectivity index (χ3v) is 5.77.